The second-order valence-electron chi connectivity index (χ2n) is 3.01. The first-order valence-corrected chi connectivity index (χ1v) is 4.26. The molecule has 0 unspecified atom stereocenters. The third-order valence-corrected chi connectivity index (χ3v) is 1.20. The predicted octanol–water partition coefficient (Wildman–Crippen LogP) is 0.207. The van der Waals surface area contributed by atoms with Gasteiger partial charge < -0.3 is 15.8 Å². The van der Waals surface area contributed by atoms with Gasteiger partial charge in [-0.3, -0.25) is 0 Å². The Balaban J connectivity index is 2.80. The van der Waals surface area contributed by atoms with Crippen molar-refractivity contribution in [3.8, 4) is 0 Å². The Morgan fingerprint density at radius 3 is 2.64 bits per heavy atom. The summed E-state index contributed by atoms with van der Waals surface area (Å²) < 4.78 is 5.34. The molecule has 68 valence electrons. The highest BCUT2D eigenvalue weighted by atomic mass is 16.5. The number of hydrogen-bond donors (Lipinski definition) is 2. The molecular formula is C8H20N2O. The summed E-state index contributed by atoms with van der Waals surface area (Å²) in [5, 5.41) is 3.16. The zero-order valence-corrected chi connectivity index (χ0v) is 7.60. The van der Waals surface area contributed by atoms with E-state index in [1.54, 1.807) is 0 Å². The number of nitrogens with two attached hydrogens (primary N) is 1. The third kappa shape index (κ3) is 9.88. The van der Waals surface area contributed by atoms with Crippen LogP contribution in [0.4, 0.5) is 0 Å². The van der Waals surface area contributed by atoms with Crippen LogP contribution >= 0.6 is 0 Å². The second-order valence-corrected chi connectivity index (χ2v) is 3.01. The highest BCUT2D eigenvalue weighted by molar-refractivity contribution is 4.46. The Kier molecular flexibility index (Phi) is 7.89. The molecule has 0 aliphatic carbocycles. The number of ether oxygens (including phenoxy) is 1. The maximum atomic E-state index is 5.34. The first-order chi connectivity index (χ1) is 5.27. The summed E-state index contributed by atoms with van der Waals surface area (Å²) >= 11 is 0. The Labute approximate surface area is 69.3 Å². The van der Waals surface area contributed by atoms with Gasteiger partial charge in [-0.15, -0.1) is 0 Å². The van der Waals surface area contributed by atoms with E-state index < -0.39 is 0 Å². The molecule has 0 atom stereocenters. The molecule has 0 aliphatic rings. The molecule has 0 aliphatic heterocycles. The van der Waals surface area contributed by atoms with Gasteiger partial charge in [-0.05, 0) is 5.92 Å². The van der Waals surface area contributed by atoms with Gasteiger partial charge >= 0.3 is 0 Å². The standard InChI is InChI=1S/C8H20N2O/c1-8(2)7-11-6-5-10-4-3-9/h8,10H,3-7,9H2,1-2H3. The van der Waals surface area contributed by atoms with Crippen molar-refractivity contribution in [3.05, 3.63) is 0 Å². The van der Waals surface area contributed by atoms with Gasteiger partial charge in [0, 0.05) is 26.2 Å². The lowest BCUT2D eigenvalue weighted by Gasteiger charge is -2.06. The Morgan fingerprint density at radius 2 is 2.09 bits per heavy atom. The van der Waals surface area contributed by atoms with Crippen LogP contribution in [0.5, 0.6) is 0 Å². The average molecular weight is 160 g/mol. The quantitative estimate of drug-likeness (QED) is 0.523. The van der Waals surface area contributed by atoms with Crippen LogP contribution in [0, 0.1) is 5.92 Å². The first-order valence-electron chi connectivity index (χ1n) is 4.26. The van der Waals surface area contributed by atoms with Crippen LogP contribution in [0.1, 0.15) is 13.8 Å². The highest BCUT2D eigenvalue weighted by Crippen LogP contribution is 1.90. The second kappa shape index (κ2) is 7.98. The maximum Gasteiger partial charge on any atom is 0.0591 e. The van der Waals surface area contributed by atoms with Crippen molar-refractivity contribution in [3.63, 3.8) is 0 Å². The molecule has 0 saturated heterocycles. The van der Waals surface area contributed by atoms with E-state index in [0.717, 1.165) is 26.3 Å². The zero-order valence-electron chi connectivity index (χ0n) is 7.60. The number of nitrogens with one attached hydrogen (secondary N) is 1. The van der Waals surface area contributed by atoms with Crippen LogP contribution in [0.15, 0.2) is 0 Å². The van der Waals surface area contributed by atoms with Gasteiger partial charge in [0.1, 0.15) is 0 Å². The summed E-state index contributed by atoms with van der Waals surface area (Å²) in [6.45, 7) is 8.42. The molecule has 0 heterocycles. The van der Waals surface area contributed by atoms with Crippen molar-refractivity contribution in [1.82, 2.24) is 5.32 Å². The van der Waals surface area contributed by atoms with Crippen LogP contribution in [-0.4, -0.2) is 32.8 Å². The lowest BCUT2D eigenvalue weighted by Crippen LogP contribution is -2.26. The van der Waals surface area contributed by atoms with Crippen molar-refractivity contribution in [2.45, 2.75) is 13.8 Å². The minimum atomic E-state index is 0.629. The minimum Gasteiger partial charge on any atom is -0.380 e. The average Bonchev–Trinajstić information content (AvgIpc) is 1.96. The van der Waals surface area contributed by atoms with Crippen LogP contribution < -0.4 is 11.1 Å². The molecule has 0 aromatic rings. The summed E-state index contributed by atoms with van der Waals surface area (Å²) in [5.41, 5.74) is 5.29. The molecule has 0 rings (SSSR count). The van der Waals surface area contributed by atoms with E-state index in [9.17, 15) is 0 Å². The van der Waals surface area contributed by atoms with Crippen LogP contribution in [0.3, 0.4) is 0 Å². The van der Waals surface area contributed by atoms with Gasteiger partial charge in [0.25, 0.3) is 0 Å². The molecule has 3 heteroatoms. The molecule has 0 bridgehead atoms. The Morgan fingerprint density at radius 1 is 1.36 bits per heavy atom. The van der Waals surface area contributed by atoms with Gasteiger partial charge in [0.2, 0.25) is 0 Å². The molecule has 0 aromatic carbocycles. The number of hydrogen-bond acceptors (Lipinski definition) is 3. The fourth-order valence-electron chi connectivity index (χ4n) is 0.690. The number of rotatable bonds is 7. The van der Waals surface area contributed by atoms with Gasteiger partial charge in [0.15, 0.2) is 0 Å². The highest BCUT2D eigenvalue weighted by Gasteiger charge is 1.92. The summed E-state index contributed by atoms with van der Waals surface area (Å²) in [5.74, 6) is 0.629. The SMILES string of the molecule is CC(C)COCCNCCN. The van der Waals surface area contributed by atoms with Crippen molar-refractivity contribution >= 4 is 0 Å². The summed E-state index contributed by atoms with van der Waals surface area (Å²) in [6.07, 6.45) is 0. The minimum absolute atomic E-state index is 0.629. The summed E-state index contributed by atoms with van der Waals surface area (Å²) in [7, 11) is 0. The van der Waals surface area contributed by atoms with Crippen LogP contribution in [0.25, 0.3) is 0 Å². The maximum absolute atomic E-state index is 5.34. The fraction of sp³-hybridized carbons (Fsp3) is 1.00. The van der Waals surface area contributed by atoms with E-state index in [-0.39, 0.29) is 0 Å². The molecule has 0 fully saturated rings. The van der Waals surface area contributed by atoms with E-state index in [4.69, 9.17) is 10.5 Å². The van der Waals surface area contributed by atoms with Crippen LogP contribution in [-0.2, 0) is 4.74 Å². The van der Waals surface area contributed by atoms with E-state index in [1.807, 2.05) is 0 Å². The zero-order chi connectivity index (χ0) is 8.53. The Hall–Kier alpha value is -0.120. The summed E-state index contributed by atoms with van der Waals surface area (Å²) in [6, 6.07) is 0. The van der Waals surface area contributed by atoms with Crippen LogP contribution in [0.2, 0.25) is 0 Å². The predicted molar refractivity (Wildman–Crippen MR) is 47.6 cm³/mol. The van der Waals surface area contributed by atoms with Gasteiger partial charge in [0.05, 0.1) is 6.61 Å². The molecule has 0 spiro atoms. The summed E-state index contributed by atoms with van der Waals surface area (Å²) in [4.78, 5) is 0. The molecule has 0 aromatic heterocycles. The molecule has 3 N–H and O–H groups in total. The molecule has 0 saturated carbocycles. The lowest BCUT2D eigenvalue weighted by atomic mass is 10.2. The first kappa shape index (κ1) is 10.9. The Bertz CT molecular complexity index is 76.5. The van der Waals surface area contributed by atoms with Gasteiger partial charge in [-0.2, -0.15) is 0 Å². The monoisotopic (exact) mass is 160 g/mol. The van der Waals surface area contributed by atoms with E-state index in [0.29, 0.717) is 12.5 Å². The van der Waals surface area contributed by atoms with Gasteiger partial charge in [-0.25, -0.2) is 0 Å². The topological polar surface area (TPSA) is 47.3 Å². The smallest absolute Gasteiger partial charge is 0.0591 e. The van der Waals surface area contributed by atoms with Crippen molar-refractivity contribution in [2.75, 3.05) is 32.8 Å². The molecular weight excluding hydrogens is 140 g/mol. The third-order valence-electron chi connectivity index (χ3n) is 1.20. The lowest BCUT2D eigenvalue weighted by molar-refractivity contribution is 0.112. The van der Waals surface area contributed by atoms with E-state index in [1.165, 1.54) is 0 Å². The van der Waals surface area contributed by atoms with E-state index in [2.05, 4.69) is 19.2 Å². The molecule has 11 heavy (non-hydrogen) atoms. The van der Waals surface area contributed by atoms with Crippen molar-refractivity contribution in [2.24, 2.45) is 11.7 Å². The van der Waals surface area contributed by atoms with Crippen molar-refractivity contribution in [1.29, 1.82) is 0 Å². The molecule has 0 amide bonds. The normalized spacial score (nSPS) is 10.9. The largest absolute Gasteiger partial charge is 0.380 e. The molecule has 3 nitrogen and oxygen atoms in total. The fourth-order valence-corrected chi connectivity index (χ4v) is 0.690. The van der Waals surface area contributed by atoms with Crippen molar-refractivity contribution < 1.29 is 4.74 Å². The van der Waals surface area contributed by atoms with Gasteiger partial charge in [-0.1, -0.05) is 13.8 Å². The molecule has 0 radical (unpaired) electrons. The van der Waals surface area contributed by atoms with E-state index >= 15 is 0 Å².